The first-order valence-electron chi connectivity index (χ1n) is 5.43. The van der Waals surface area contributed by atoms with Gasteiger partial charge in [-0.05, 0) is 19.3 Å². The minimum atomic E-state index is 0.253. The van der Waals surface area contributed by atoms with Gasteiger partial charge in [0.2, 0.25) is 0 Å². The molecule has 0 radical (unpaired) electrons. The third-order valence-corrected chi connectivity index (χ3v) is 2.86. The van der Waals surface area contributed by atoms with Crippen LogP contribution in [0.1, 0.15) is 19.3 Å². The highest BCUT2D eigenvalue weighted by Gasteiger charge is 2.26. The molecule has 0 bridgehead atoms. The molecule has 2 saturated heterocycles. The first-order valence-corrected chi connectivity index (χ1v) is 5.43. The van der Waals surface area contributed by atoms with E-state index in [0.717, 1.165) is 32.5 Å². The van der Waals surface area contributed by atoms with Crippen molar-refractivity contribution in [1.82, 2.24) is 0 Å². The Morgan fingerprint density at radius 2 is 2.07 bits per heavy atom. The lowest BCUT2D eigenvalue weighted by Crippen LogP contribution is -2.25. The molecule has 0 aromatic heterocycles. The summed E-state index contributed by atoms with van der Waals surface area (Å²) in [6.07, 6.45) is 3.97. The lowest BCUT2D eigenvalue weighted by molar-refractivity contribution is -0.0404. The van der Waals surface area contributed by atoms with E-state index >= 15 is 0 Å². The fraction of sp³-hybridized carbons (Fsp3) is 1.00. The van der Waals surface area contributed by atoms with Crippen LogP contribution in [0.4, 0.5) is 0 Å². The molecule has 0 spiro atoms. The van der Waals surface area contributed by atoms with Gasteiger partial charge >= 0.3 is 0 Å². The average Bonchev–Trinajstić information content (AvgIpc) is 2.86. The summed E-state index contributed by atoms with van der Waals surface area (Å²) in [6.45, 7) is 2.90. The number of nitrogens with two attached hydrogens (primary N) is 1. The highest BCUT2D eigenvalue weighted by atomic mass is 16.6. The van der Waals surface area contributed by atoms with Gasteiger partial charge in [-0.3, -0.25) is 0 Å². The molecular formula is C10H19NO3. The monoisotopic (exact) mass is 201 g/mol. The van der Waals surface area contributed by atoms with Crippen molar-refractivity contribution in [3.05, 3.63) is 0 Å². The predicted molar refractivity (Wildman–Crippen MR) is 52.1 cm³/mol. The average molecular weight is 201 g/mol. The Morgan fingerprint density at radius 1 is 1.21 bits per heavy atom. The van der Waals surface area contributed by atoms with Gasteiger partial charge < -0.3 is 19.9 Å². The number of ether oxygens (including phenoxy) is 3. The van der Waals surface area contributed by atoms with E-state index < -0.39 is 0 Å². The minimum Gasteiger partial charge on any atom is -0.379 e. The molecule has 0 saturated carbocycles. The maximum Gasteiger partial charge on any atom is 0.0831 e. The van der Waals surface area contributed by atoms with Crippen molar-refractivity contribution in [2.45, 2.75) is 37.6 Å². The molecular weight excluding hydrogens is 182 g/mol. The number of hydrogen-bond donors (Lipinski definition) is 1. The highest BCUT2D eigenvalue weighted by Crippen LogP contribution is 2.20. The van der Waals surface area contributed by atoms with Crippen LogP contribution in [0.25, 0.3) is 0 Å². The van der Waals surface area contributed by atoms with Gasteiger partial charge in [0.15, 0.2) is 0 Å². The molecule has 0 amide bonds. The summed E-state index contributed by atoms with van der Waals surface area (Å²) >= 11 is 0. The molecule has 2 rings (SSSR count). The van der Waals surface area contributed by atoms with Crippen LogP contribution in [0.3, 0.4) is 0 Å². The van der Waals surface area contributed by atoms with E-state index in [-0.39, 0.29) is 18.3 Å². The van der Waals surface area contributed by atoms with Crippen molar-refractivity contribution in [2.24, 2.45) is 5.73 Å². The topological polar surface area (TPSA) is 53.7 Å². The molecule has 82 valence electrons. The molecule has 3 unspecified atom stereocenters. The Bertz CT molecular complexity index is 171. The summed E-state index contributed by atoms with van der Waals surface area (Å²) in [4.78, 5) is 0. The van der Waals surface area contributed by atoms with Gasteiger partial charge in [-0.25, -0.2) is 0 Å². The van der Waals surface area contributed by atoms with Crippen LogP contribution >= 0.6 is 0 Å². The minimum absolute atomic E-state index is 0.253. The van der Waals surface area contributed by atoms with Crippen LogP contribution < -0.4 is 5.73 Å². The van der Waals surface area contributed by atoms with Crippen molar-refractivity contribution in [2.75, 3.05) is 26.4 Å². The highest BCUT2D eigenvalue weighted by molar-refractivity contribution is 4.74. The number of hydrogen-bond acceptors (Lipinski definition) is 4. The molecule has 2 aliphatic rings. The quantitative estimate of drug-likeness (QED) is 0.710. The van der Waals surface area contributed by atoms with Gasteiger partial charge in [0.05, 0.1) is 31.5 Å². The zero-order valence-electron chi connectivity index (χ0n) is 8.48. The van der Waals surface area contributed by atoms with Crippen molar-refractivity contribution in [1.29, 1.82) is 0 Å². The molecule has 14 heavy (non-hydrogen) atoms. The summed E-state index contributed by atoms with van der Waals surface area (Å²) in [5.74, 6) is 0. The molecule has 0 aromatic rings. The first kappa shape index (κ1) is 10.4. The Morgan fingerprint density at radius 3 is 2.71 bits per heavy atom. The molecule has 2 N–H and O–H groups in total. The van der Waals surface area contributed by atoms with E-state index in [1.165, 1.54) is 0 Å². The largest absolute Gasteiger partial charge is 0.379 e. The summed E-state index contributed by atoms with van der Waals surface area (Å²) in [7, 11) is 0. The SMILES string of the molecule is NCC1CCC(COC2CCOC2)O1. The van der Waals surface area contributed by atoms with Crippen molar-refractivity contribution in [3.8, 4) is 0 Å². The molecule has 3 atom stereocenters. The normalized spacial score (nSPS) is 37.9. The van der Waals surface area contributed by atoms with Crippen molar-refractivity contribution >= 4 is 0 Å². The lowest BCUT2D eigenvalue weighted by atomic mass is 10.2. The van der Waals surface area contributed by atoms with E-state index in [9.17, 15) is 0 Å². The van der Waals surface area contributed by atoms with Gasteiger partial charge in [-0.1, -0.05) is 0 Å². The molecule has 2 fully saturated rings. The summed E-state index contributed by atoms with van der Waals surface area (Å²) in [5.41, 5.74) is 5.53. The summed E-state index contributed by atoms with van der Waals surface area (Å²) in [5, 5.41) is 0. The molecule has 2 aliphatic heterocycles. The van der Waals surface area contributed by atoms with Crippen LogP contribution in [-0.2, 0) is 14.2 Å². The Kier molecular flexibility index (Phi) is 3.75. The maximum atomic E-state index is 5.69. The van der Waals surface area contributed by atoms with Gasteiger partial charge in [0.25, 0.3) is 0 Å². The molecule has 4 nitrogen and oxygen atoms in total. The van der Waals surface area contributed by atoms with Gasteiger partial charge in [0, 0.05) is 13.2 Å². The zero-order chi connectivity index (χ0) is 9.80. The second kappa shape index (κ2) is 5.07. The second-order valence-corrected chi connectivity index (χ2v) is 4.01. The molecule has 4 heteroatoms. The maximum absolute atomic E-state index is 5.69. The smallest absolute Gasteiger partial charge is 0.0831 e. The van der Waals surface area contributed by atoms with Crippen LogP contribution in [0.15, 0.2) is 0 Å². The van der Waals surface area contributed by atoms with Gasteiger partial charge in [0.1, 0.15) is 0 Å². The summed E-state index contributed by atoms with van der Waals surface area (Å²) < 4.78 is 16.6. The fourth-order valence-electron chi connectivity index (χ4n) is 1.96. The fourth-order valence-corrected chi connectivity index (χ4v) is 1.96. The Labute approximate surface area is 84.7 Å². The van der Waals surface area contributed by atoms with Gasteiger partial charge in [-0.2, -0.15) is 0 Å². The van der Waals surface area contributed by atoms with E-state index in [2.05, 4.69) is 0 Å². The van der Waals surface area contributed by atoms with E-state index in [4.69, 9.17) is 19.9 Å². The van der Waals surface area contributed by atoms with Crippen molar-refractivity contribution in [3.63, 3.8) is 0 Å². The van der Waals surface area contributed by atoms with E-state index in [1.807, 2.05) is 0 Å². The van der Waals surface area contributed by atoms with Crippen LogP contribution in [0.5, 0.6) is 0 Å². The lowest BCUT2D eigenvalue weighted by Gasteiger charge is -2.15. The van der Waals surface area contributed by atoms with Crippen molar-refractivity contribution < 1.29 is 14.2 Å². The van der Waals surface area contributed by atoms with Crippen LogP contribution in [0, 0.1) is 0 Å². The van der Waals surface area contributed by atoms with Crippen LogP contribution in [0.2, 0.25) is 0 Å². The molecule has 0 aliphatic carbocycles. The van der Waals surface area contributed by atoms with E-state index in [1.54, 1.807) is 0 Å². The van der Waals surface area contributed by atoms with Crippen LogP contribution in [-0.4, -0.2) is 44.7 Å². The van der Waals surface area contributed by atoms with Gasteiger partial charge in [-0.15, -0.1) is 0 Å². The molecule has 0 aromatic carbocycles. The first-order chi connectivity index (χ1) is 6.88. The third-order valence-electron chi connectivity index (χ3n) is 2.86. The zero-order valence-corrected chi connectivity index (χ0v) is 8.48. The Balaban J connectivity index is 1.61. The second-order valence-electron chi connectivity index (χ2n) is 4.01. The molecule has 2 heterocycles. The summed E-state index contributed by atoms with van der Waals surface area (Å²) in [6, 6.07) is 0. The Hall–Kier alpha value is -0.160. The standard InChI is InChI=1S/C10H19NO3/c11-5-8-1-2-10(14-8)7-13-9-3-4-12-6-9/h8-10H,1-7,11H2. The predicted octanol–water partition coefficient (Wildman–Crippen LogP) is 0.298. The van der Waals surface area contributed by atoms with E-state index in [0.29, 0.717) is 13.2 Å². The number of rotatable bonds is 4. The third kappa shape index (κ3) is 2.67.